The number of para-hydroxylation sites is 1. The van der Waals surface area contributed by atoms with E-state index in [9.17, 15) is 0 Å². The van der Waals surface area contributed by atoms with Crippen LogP contribution in [-0.4, -0.2) is 18.2 Å². The summed E-state index contributed by atoms with van der Waals surface area (Å²) in [5.41, 5.74) is 9.69. The Morgan fingerprint density at radius 2 is 2.22 bits per heavy atom. The van der Waals surface area contributed by atoms with Crippen molar-refractivity contribution >= 4 is 10.9 Å². The SMILES string of the molecule is Cc1cc(C(N)C2CCOC2)c2ccccc2n1. The van der Waals surface area contributed by atoms with Crippen LogP contribution in [0.25, 0.3) is 10.9 Å². The molecular weight excluding hydrogens is 224 g/mol. The summed E-state index contributed by atoms with van der Waals surface area (Å²) in [5, 5.41) is 1.17. The van der Waals surface area contributed by atoms with E-state index in [0.717, 1.165) is 30.8 Å². The van der Waals surface area contributed by atoms with Crippen LogP contribution in [0.4, 0.5) is 0 Å². The molecule has 0 aliphatic carbocycles. The lowest BCUT2D eigenvalue weighted by Gasteiger charge is -2.20. The highest BCUT2D eigenvalue weighted by molar-refractivity contribution is 5.82. The Balaban J connectivity index is 2.09. The summed E-state index contributed by atoms with van der Waals surface area (Å²) in [4.78, 5) is 4.56. The number of benzene rings is 1. The summed E-state index contributed by atoms with van der Waals surface area (Å²) in [6.07, 6.45) is 1.05. The standard InChI is InChI=1S/C15H18N2O/c1-10-8-13(15(16)11-6-7-18-9-11)12-4-2-3-5-14(12)17-10/h2-5,8,11,15H,6-7,9,16H2,1H3. The van der Waals surface area contributed by atoms with Crippen molar-refractivity contribution in [2.75, 3.05) is 13.2 Å². The molecule has 2 N–H and O–H groups in total. The molecule has 0 amide bonds. The van der Waals surface area contributed by atoms with E-state index in [1.807, 2.05) is 25.1 Å². The number of pyridine rings is 1. The molecule has 1 saturated heterocycles. The smallest absolute Gasteiger partial charge is 0.0708 e. The van der Waals surface area contributed by atoms with E-state index in [0.29, 0.717) is 5.92 Å². The quantitative estimate of drug-likeness (QED) is 0.880. The number of nitrogens with two attached hydrogens (primary N) is 1. The predicted molar refractivity (Wildman–Crippen MR) is 72.3 cm³/mol. The maximum atomic E-state index is 6.43. The molecule has 0 saturated carbocycles. The molecule has 0 radical (unpaired) electrons. The van der Waals surface area contributed by atoms with Crippen molar-refractivity contribution in [3.8, 4) is 0 Å². The molecule has 2 heterocycles. The van der Waals surface area contributed by atoms with Gasteiger partial charge in [-0.15, -0.1) is 0 Å². The number of hydrogen-bond donors (Lipinski definition) is 1. The Labute approximate surface area is 107 Å². The van der Waals surface area contributed by atoms with E-state index in [-0.39, 0.29) is 6.04 Å². The number of aromatic nitrogens is 1. The number of rotatable bonds is 2. The van der Waals surface area contributed by atoms with Crippen LogP contribution in [0.2, 0.25) is 0 Å². The van der Waals surface area contributed by atoms with Gasteiger partial charge in [-0.2, -0.15) is 0 Å². The monoisotopic (exact) mass is 242 g/mol. The molecule has 1 fully saturated rings. The minimum absolute atomic E-state index is 0.0408. The molecule has 1 aromatic carbocycles. The van der Waals surface area contributed by atoms with Crippen molar-refractivity contribution < 1.29 is 4.74 Å². The predicted octanol–water partition coefficient (Wildman–Crippen LogP) is 2.58. The van der Waals surface area contributed by atoms with Crippen LogP contribution < -0.4 is 5.73 Å². The van der Waals surface area contributed by atoms with Crippen LogP contribution in [0.3, 0.4) is 0 Å². The van der Waals surface area contributed by atoms with Crippen molar-refractivity contribution in [1.29, 1.82) is 0 Å². The topological polar surface area (TPSA) is 48.1 Å². The van der Waals surface area contributed by atoms with E-state index in [1.165, 1.54) is 10.9 Å². The summed E-state index contributed by atoms with van der Waals surface area (Å²) in [6, 6.07) is 10.4. The van der Waals surface area contributed by atoms with Gasteiger partial charge in [0.25, 0.3) is 0 Å². The molecule has 2 unspecified atom stereocenters. The fraction of sp³-hybridized carbons (Fsp3) is 0.400. The zero-order chi connectivity index (χ0) is 12.5. The maximum Gasteiger partial charge on any atom is 0.0708 e. The lowest BCUT2D eigenvalue weighted by molar-refractivity contribution is 0.181. The molecule has 2 atom stereocenters. The van der Waals surface area contributed by atoms with Crippen molar-refractivity contribution in [3.05, 3.63) is 41.6 Å². The van der Waals surface area contributed by atoms with Gasteiger partial charge in [0.2, 0.25) is 0 Å². The lowest BCUT2D eigenvalue weighted by Crippen LogP contribution is -2.22. The Morgan fingerprint density at radius 3 is 3.00 bits per heavy atom. The van der Waals surface area contributed by atoms with Crippen LogP contribution >= 0.6 is 0 Å². The van der Waals surface area contributed by atoms with Crippen molar-refractivity contribution in [2.45, 2.75) is 19.4 Å². The van der Waals surface area contributed by atoms with Gasteiger partial charge in [0.05, 0.1) is 12.1 Å². The molecule has 3 nitrogen and oxygen atoms in total. The van der Waals surface area contributed by atoms with Crippen LogP contribution in [0.1, 0.15) is 23.7 Å². The van der Waals surface area contributed by atoms with Crippen molar-refractivity contribution in [1.82, 2.24) is 4.98 Å². The van der Waals surface area contributed by atoms with Crippen LogP contribution in [-0.2, 0) is 4.74 Å². The van der Waals surface area contributed by atoms with Crippen LogP contribution in [0.5, 0.6) is 0 Å². The first kappa shape index (κ1) is 11.6. The van der Waals surface area contributed by atoms with Crippen molar-refractivity contribution in [2.24, 2.45) is 11.7 Å². The molecule has 94 valence electrons. The molecule has 3 heteroatoms. The summed E-state index contributed by atoms with van der Waals surface area (Å²) < 4.78 is 5.45. The summed E-state index contributed by atoms with van der Waals surface area (Å²) >= 11 is 0. The average Bonchev–Trinajstić information content (AvgIpc) is 2.90. The first-order valence-electron chi connectivity index (χ1n) is 6.45. The van der Waals surface area contributed by atoms with Gasteiger partial charge in [0.15, 0.2) is 0 Å². The third-order valence-electron chi connectivity index (χ3n) is 3.71. The third kappa shape index (κ3) is 2.00. The molecule has 1 aliphatic heterocycles. The fourth-order valence-corrected chi connectivity index (χ4v) is 2.71. The Bertz CT molecular complexity index is 561. The van der Waals surface area contributed by atoms with E-state index in [1.54, 1.807) is 0 Å². The Morgan fingerprint density at radius 1 is 1.39 bits per heavy atom. The summed E-state index contributed by atoms with van der Waals surface area (Å²) in [7, 11) is 0. The van der Waals surface area contributed by atoms with Crippen LogP contribution in [0.15, 0.2) is 30.3 Å². The number of nitrogens with zero attached hydrogens (tertiary/aromatic N) is 1. The van der Waals surface area contributed by atoms with Gasteiger partial charge in [-0.05, 0) is 31.0 Å². The van der Waals surface area contributed by atoms with E-state index in [4.69, 9.17) is 10.5 Å². The Kier molecular flexibility index (Phi) is 3.02. The highest BCUT2D eigenvalue weighted by Crippen LogP contribution is 2.31. The second-order valence-electron chi connectivity index (χ2n) is 5.02. The molecule has 18 heavy (non-hydrogen) atoms. The Hall–Kier alpha value is -1.45. The second kappa shape index (κ2) is 4.67. The minimum Gasteiger partial charge on any atom is -0.381 e. The zero-order valence-corrected chi connectivity index (χ0v) is 10.6. The third-order valence-corrected chi connectivity index (χ3v) is 3.71. The summed E-state index contributed by atoms with van der Waals surface area (Å²) in [5.74, 6) is 0.426. The van der Waals surface area contributed by atoms with E-state index >= 15 is 0 Å². The average molecular weight is 242 g/mol. The lowest BCUT2D eigenvalue weighted by atomic mass is 9.90. The number of fused-ring (bicyclic) bond motifs is 1. The van der Waals surface area contributed by atoms with E-state index in [2.05, 4.69) is 17.1 Å². The first-order valence-corrected chi connectivity index (χ1v) is 6.45. The molecule has 3 rings (SSSR count). The molecule has 0 spiro atoms. The van der Waals surface area contributed by atoms with Gasteiger partial charge >= 0.3 is 0 Å². The minimum atomic E-state index is 0.0408. The molecule has 0 bridgehead atoms. The second-order valence-corrected chi connectivity index (χ2v) is 5.02. The zero-order valence-electron chi connectivity index (χ0n) is 10.6. The highest BCUT2D eigenvalue weighted by atomic mass is 16.5. The fourth-order valence-electron chi connectivity index (χ4n) is 2.71. The van der Waals surface area contributed by atoms with Gasteiger partial charge in [0, 0.05) is 29.6 Å². The molecular formula is C15H18N2O. The number of aryl methyl sites for hydroxylation is 1. The molecule has 1 aromatic heterocycles. The van der Waals surface area contributed by atoms with Crippen molar-refractivity contribution in [3.63, 3.8) is 0 Å². The van der Waals surface area contributed by atoms with Gasteiger partial charge in [-0.25, -0.2) is 0 Å². The molecule has 2 aromatic rings. The van der Waals surface area contributed by atoms with Gasteiger partial charge in [-0.3, -0.25) is 4.98 Å². The van der Waals surface area contributed by atoms with Crippen LogP contribution in [0, 0.1) is 12.8 Å². The highest BCUT2D eigenvalue weighted by Gasteiger charge is 2.25. The normalized spacial score (nSPS) is 21.3. The van der Waals surface area contributed by atoms with E-state index < -0.39 is 0 Å². The largest absolute Gasteiger partial charge is 0.381 e. The molecule has 1 aliphatic rings. The number of hydrogen-bond acceptors (Lipinski definition) is 3. The first-order chi connectivity index (χ1) is 8.75. The van der Waals surface area contributed by atoms with Gasteiger partial charge < -0.3 is 10.5 Å². The van der Waals surface area contributed by atoms with Gasteiger partial charge in [0.1, 0.15) is 0 Å². The van der Waals surface area contributed by atoms with Gasteiger partial charge in [-0.1, -0.05) is 18.2 Å². The maximum absolute atomic E-state index is 6.43. The summed E-state index contributed by atoms with van der Waals surface area (Å²) in [6.45, 7) is 3.63. The number of ether oxygens (including phenoxy) is 1.